The predicted molar refractivity (Wildman–Crippen MR) is 97.3 cm³/mol. The van der Waals surface area contributed by atoms with Gasteiger partial charge >= 0.3 is 0 Å². The van der Waals surface area contributed by atoms with Gasteiger partial charge in [-0.25, -0.2) is 0 Å². The Morgan fingerprint density at radius 1 is 1.09 bits per heavy atom. The van der Waals surface area contributed by atoms with Gasteiger partial charge in [-0.15, -0.1) is 0 Å². The minimum absolute atomic E-state index is 0.0932. The second-order valence-electron chi connectivity index (χ2n) is 7.70. The minimum Gasteiger partial charge on any atom is -0.546 e. The molecule has 1 atom stereocenters. The van der Waals surface area contributed by atoms with Crippen LogP contribution < -0.4 is 5.73 Å². The van der Waals surface area contributed by atoms with E-state index in [4.69, 9.17) is 10.2 Å². The molecule has 1 rings (SSSR count). The third kappa shape index (κ3) is 3.95. The van der Waals surface area contributed by atoms with Crippen LogP contribution in [0.2, 0.25) is 16.6 Å². The summed E-state index contributed by atoms with van der Waals surface area (Å²) in [6, 6.07) is 0. The molecule has 0 heterocycles. The molecule has 3 N–H and O–H groups in total. The highest BCUT2D eigenvalue weighted by Crippen LogP contribution is 2.45. The summed E-state index contributed by atoms with van der Waals surface area (Å²) in [5, 5.41) is 9.92. The van der Waals surface area contributed by atoms with E-state index in [1.54, 1.807) is 0 Å². The van der Waals surface area contributed by atoms with Crippen molar-refractivity contribution in [2.45, 2.75) is 83.8 Å². The molecule has 0 radical (unpaired) electrons. The summed E-state index contributed by atoms with van der Waals surface area (Å²) in [5.74, 6) is 1.37. The Hall–Kier alpha value is -0.323. The van der Waals surface area contributed by atoms with Gasteiger partial charge in [0.05, 0.1) is 12.4 Å². The lowest BCUT2D eigenvalue weighted by molar-refractivity contribution is 0.287. The van der Waals surface area contributed by atoms with Gasteiger partial charge in [0.15, 0.2) is 0 Å². The Balaban J connectivity index is 3.26. The van der Waals surface area contributed by atoms with E-state index in [1.165, 1.54) is 6.42 Å². The lowest BCUT2D eigenvalue weighted by Gasteiger charge is -2.43. The van der Waals surface area contributed by atoms with E-state index in [9.17, 15) is 5.11 Å². The Kier molecular flexibility index (Phi) is 7.63. The molecule has 0 aliphatic heterocycles. The third-order valence-electron chi connectivity index (χ3n) is 5.52. The monoisotopic (exact) mass is 327 g/mol. The van der Waals surface area contributed by atoms with Crippen LogP contribution in [-0.4, -0.2) is 26.6 Å². The first-order valence-electron chi connectivity index (χ1n) is 9.03. The van der Waals surface area contributed by atoms with E-state index in [2.05, 4.69) is 41.5 Å². The van der Waals surface area contributed by atoms with Gasteiger partial charge in [-0.1, -0.05) is 48.0 Å². The summed E-state index contributed by atoms with van der Waals surface area (Å²) in [5.41, 5.74) is 8.70. The second kappa shape index (κ2) is 8.51. The van der Waals surface area contributed by atoms with Crippen molar-refractivity contribution in [2.24, 2.45) is 11.7 Å². The Morgan fingerprint density at radius 3 is 2.05 bits per heavy atom. The Morgan fingerprint density at radius 2 is 1.64 bits per heavy atom. The van der Waals surface area contributed by atoms with E-state index in [0.29, 0.717) is 29.1 Å². The van der Waals surface area contributed by atoms with Crippen LogP contribution in [0.3, 0.4) is 0 Å². The lowest BCUT2D eigenvalue weighted by Crippen LogP contribution is -2.47. The fraction of sp³-hybridized carbons (Fsp3) is 0.889. The molecule has 0 bridgehead atoms. The molecular formula is C18H37NO2Si. The zero-order chi connectivity index (χ0) is 16.9. The molecule has 0 aromatic rings. The van der Waals surface area contributed by atoms with Crippen molar-refractivity contribution >= 4 is 8.32 Å². The Bertz CT molecular complexity index is 356. The zero-order valence-electron chi connectivity index (χ0n) is 15.5. The van der Waals surface area contributed by atoms with E-state index in [0.717, 1.165) is 30.6 Å². The molecule has 0 saturated heterocycles. The van der Waals surface area contributed by atoms with Gasteiger partial charge in [0.25, 0.3) is 8.32 Å². The Labute approximate surface area is 138 Å². The topological polar surface area (TPSA) is 55.5 Å². The van der Waals surface area contributed by atoms with Crippen LogP contribution in [0.5, 0.6) is 0 Å². The number of aliphatic hydroxyl groups excluding tert-OH is 1. The number of nitrogens with two attached hydrogens (primary N) is 1. The third-order valence-corrected chi connectivity index (χ3v) is 11.5. The van der Waals surface area contributed by atoms with Crippen LogP contribution in [0.25, 0.3) is 0 Å². The maximum absolute atomic E-state index is 9.92. The van der Waals surface area contributed by atoms with Crippen molar-refractivity contribution in [2.75, 3.05) is 13.2 Å². The molecule has 0 spiro atoms. The van der Waals surface area contributed by atoms with Gasteiger partial charge in [-0.3, -0.25) is 0 Å². The fourth-order valence-corrected chi connectivity index (χ4v) is 9.77. The molecule has 0 fully saturated rings. The molecule has 3 nitrogen and oxygen atoms in total. The van der Waals surface area contributed by atoms with Crippen molar-refractivity contribution in [3.8, 4) is 0 Å². The van der Waals surface area contributed by atoms with Gasteiger partial charge in [0.1, 0.15) is 0 Å². The van der Waals surface area contributed by atoms with Crippen LogP contribution in [0.15, 0.2) is 11.3 Å². The molecule has 0 unspecified atom stereocenters. The second-order valence-corrected chi connectivity index (χ2v) is 13.1. The smallest absolute Gasteiger partial charge is 0.258 e. The number of aliphatic hydroxyl groups is 1. The summed E-state index contributed by atoms with van der Waals surface area (Å²) in [6.45, 7) is 14.6. The van der Waals surface area contributed by atoms with Crippen molar-refractivity contribution in [1.82, 2.24) is 0 Å². The first-order valence-corrected chi connectivity index (χ1v) is 11.2. The van der Waals surface area contributed by atoms with Crippen molar-refractivity contribution in [3.05, 3.63) is 11.3 Å². The van der Waals surface area contributed by atoms with Crippen LogP contribution in [0.4, 0.5) is 0 Å². The molecule has 130 valence electrons. The van der Waals surface area contributed by atoms with Crippen molar-refractivity contribution in [1.29, 1.82) is 0 Å². The zero-order valence-corrected chi connectivity index (χ0v) is 16.5. The van der Waals surface area contributed by atoms with Crippen LogP contribution in [0.1, 0.15) is 67.2 Å². The molecule has 0 aromatic heterocycles. The highest BCUT2D eigenvalue weighted by Gasteiger charge is 2.47. The molecule has 22 heavy (non-hydrogen) atoms. The highest BCUT2D eigenvalue weighted by atomic mass is 28.4. The maximum Gasteiger partial charge on any atom is 0.258 e. The first-order chi connectivity index (χ1) is 10.3. The summed E-state index contributed by atoms with van der Waals surface area (Å²) < 4.78 is 6.88. The maximum atomic E-state index is 9.92. The minimum atomic E-state index is -1.95. The van der Waals surface area contributed by atoms with Gasteiger partial charge in [-0.2, -0.15) is 0 Å². The molecule has 0 saturated carbocycles. The highest BCUT2D eigenvalue weighted by molar-refractivity contribution is 6.77. The molecule has 0 amide bonds. The predicted octanol–water partition coefficient (Wildman–Crippen LogP) is 4.57. The average molecular weight is 328 g/mol. The largest absolute Gasteiger partial charge is 0.546 e. The number of allylic oxidation sites excluding steroid dienone is 1. The van der Waals surface area contributed by atoms with Crippen molar-refractivity contribution in [3.63, 3.8) is 0 Å². The molecule has 1 aliphatic carbocycles. The fourth-order valence-electron chi connectivity index (χ4n) is 4.40. The standard InChI is InChI=1S/C18H37NO2Si/c1-13(2)22(14(3)4,15(5)6)21-18-10-8-7-9-16(11-19)17(18)12-20/h13-16,20H,7-12,19H2,1-6H3/t16-/m0/s1. The quantitative estimate of drug-likeness (QED) is 0.673. The first kappa shape index (κ1) is 19.7. The normalized spacial score (nSPS) is 21.0. The summed E-state index contributed by atoms with van der Waals surface area (Å²) >= 11 is 0. The summed E-state index contributed by atoms with van der Waals surface area (Å²) in [4.78, 5) is 0. The van der Waals surface area contributed by atoms with Gasteiger partial charge in [0.2, 0.25) is 0 Å². The van der Waals surface area contributed by atoms with E-state index >= 15 is 0 Å². The van der Waals surface area contributed by atoms with Gasteiger partial charge in [0, 0.05) is 6.42 Å². The number of hydrogen-bond acceptors (Lipinski definition) is 3. The molecular weight excluding hydrogens is 290 g/mol. The number of hydrogen-bond donors (Lipinski definition) is 2. The SMILES string of the molecule is CC(C)[Si](OC1=C(CO)[C@H](CN)CCCC1)(C(C)C)C(C)C. The van der Waals surface area contributed by atoms with Crippen LogP contribution in [-0.2, 0) is 4.43 Å². The van der Waals surface area contributed by atoms with Gasteiger partial charge in [-0.05, 0) is 47.5 Å². The molecule has 4 heteroatoms. The summed E-state index contributed by atoms with van der Waals surface area (Å²) in [7, 11) is -1.95. The van der Waals surface area contributed by atoms with E-state index in [1.807, 2.05) is 0 Å². The van der Waals surface area contributed by atoms with Gasteiger partial charge < -0.3 is 15.3 Å². The lowest BCUT2D eigenvalue weighted by atomic mass is 9.96. The summed E-state index contributed by atoms with van der Waals surface area (Å²) in [6.07, 6.45) is 4.37. The van der Waals surface area contributed by atoms with E-state index in [-0.39, 0.29) is 6.61 Å². The number of rotatable bonds is 7. The van der Waals surface area contributed by atoms with Crippen LogP contribution in [0, 0.1) is 5.92 Å². The average Bonchev–Trinajstić information content (AvgIpc) is 2.64. The van der Waals surface area contributed by atoms with Crippen LogP contribution >= 0.6 is 0 Å². The van der Waals surface area contributed by atoms with Crippen molar-refractivity contribution < 1.29 is 9.53 Å². The molecule has 0 aromatic carbocycles. The van der Waals surface area contributed by atoms with E-state index < -0.39 is 8.32 Å². The molecule has 1 aliphatic rings.